The molecule has 1 aromatic heterocycles. The number of carbonyl (C=O) groups is 1. The third kappa shape index (κ3) is 4.39. The van der Waals surface area contributed by atoms with Crippen LogP contribution in [-0.4, -0.2) is 15.7 Å². The highest BCUT2D eigenvalue weighted by atomic mass is 35.5. The van der Waals surface area contributed by atoms with Gasteiger partial charge in [-0.25, -0.2) is 4.68 Å². The molecule has 0 aliphatic rings. The van der Waals surface area contributed by atoms with Gasteiger partial charge in [-0.1, -0.05) is 42.8 Å². The number of amides is 1. The monoisotopic (exact) mass is 355 g/mol. The Morgan fingerprint density at radius 3 is 2.64 bits per heavy atom. The molecular weight excluding hydrogens is 338 g/mol. The second-order valence-corrected chi connectivity index (χ2v) is 5.86. The van der Waals surface area contributed by atoms with Crippen LogP contribution < -0.4 is 10.1 Å². The molecule has 128 valence electrons. The number of hydrogen-bond acceptors (Lipinski definition) is 3. The first kappa shape index (κ1) is 17.0. The lowest BCUT2D eigenvalue weighted by Crippen LogP contribution is -2.14. The highest BCUT2D eigenvalue weighted by Crippen LogP contribution is 2.23. The van der Waals surface area contributed by atoms with E-state index in [1.165, 1.54) is 5.56 Å². The number of nitrogens with one attached hydrogen (secondary N) is 1. The highest BCUT2D eigenvalue weighted by molar-refractivity contribution is 6.32. The molecule has 0 saturated carbocycles. The van der Waals surface area contributed by atoms with Crippen molar-refractivity contribution in [1.82, 2.24) is 9.78 Å². The smallest absolute Gasteiger partial charge is 0.276 e. The topological polar surface area (TPSA) is 56.2 Å². The second kappa shape index (κ2) is 7.85. The van der Waals surface area contributed by atoms with Crippen LogP contribution in [0.2, 0.25) is 5.02 Å². The van der Waals surface area contributed by atoms with Crippen molar-refractivity contribution in [1.29, 1.82) is 0 Å². The molecule has 0 aliphatic heterocycles. The van der Waals surface area contributed by atoms with Gasteiger partial charge in [0.25, 0.3) is 5.91 Å². The molecule has 0 bridgehead atoms. The van der Waals surface area contributed by atoms with Gasteiger partial charge in [0, 0.05) is 11.9 Å². The van der Waals surface area contributed by atoms with Crippen molar-refractivity contribution in [3.8, 4) is 5.75 Å². The molecule has 2 aromatic carbocycles. The Hall–Kier alpha value is -2.79. The Morgan fingerprint density at radius 2 is 1.92 bits per heavy atom. The van der Waals surface area contributed by atoms with Crippen LogP contribution in [0.15, 0.2) is 60.8 Å². The van der Waals surface area contributed by atoms with Gasteiger partial charge >= 0.3 is 0 Å². The zero-order valence-electron chi connectivity index (χ0n) is 13.8. The van der Waals surface area contributed by atoms with Gasteiger partial charge in [0.2, 0.25) is 0 Å². The summed E-state index contributed by atoms with van der Waals surface area (Å²) in [6.45, 7) is 2.26. The van der Waals surface area contributed by atoms with Crippen LogP contribution in [0.1, 0.15) is 23.0 Å². The van der Waals surface area contributed by atoms with E-state index in [1.54, 1.807) is 29.1 Å². The van der Waals surface area contributed by atoms with Crippen LogP contribution in [0.5, 0.6) is 5.75 Å². The van der Waals surface area contributed by atoms with Crippen LogP contribution in [-0.2, 0) is 13.2 Å². The number of halogens is 1. The van der Waals surface area contributed by atoms with E-state index >= 15 is 0 Å². The zero-order valence-corrected chi connectivity index (χ0v) is 14.5. The van der Waals surface area contributed by atoms with E-state index in [0.29, 0.717) is 16.5 Å². The Morgan fingerprint density at radius 1 is 1.16 bits per heavy atom. The van der Waals surface area contributed by atoms with Gasteiger partial charge in [0.05, 0.1) is 5.02 Å². The molecule has 25 heavy (non-hydrogen) atoms. The third-order valence-electron chi connectivity index (χ3n) is 3.68. The Balaban J connectivity index is 1.60. The van der Waals surface area contributed by atoms with Gasteiger partial charge < -0.3 is 10.1 Å². The number of para-hydroxylation sites is 1. The summed E-state index contributed by atoms with van der Waals surface area (Å²) in [5.74, 6) is 0.308. The molecule has 0 aliphatic carbocycles. The summed E-state index contributed by atoms with van der Waals surface area (Å²) in [7, 11) is 0. The number of anilines is 1. The van der Waals surface area contributed by atoms with Crippen molar-refractivity contribution in [3.63, 3.8) is 0 Å². The fourth-order valence-corrected chi connectivity index (χ4v) is 2.46. The third-order valence-corrected chi connectivity index (χ3v) is 3.99. The lowest BCUT2D eigenvalue weighted by molar-refractivity contribution is 0.102. The predicted octanol–water partition coefficient (Wildman–Crippen LogP) is 4.39. The van der Waals surface area contributed by atoms with E-state index in [4.69, 9.17) is 16.3 Å². The van der Waals surface area contributed by atoms with E-state index in [-0.39, 0.29) is 12.6 Å². The van der Waals surface area contributed by atoms with E-state index in [2.05, 4.69) is 17.3 Å². The van der Waals surface area contributed by atoms with Crippen LogP contribution in [0.25, 0.3) is 0 Å². The number of hydrogen-bond donors (Lipinski definition) is 1. The van der Waals surface area contributed by atoms with Crippen LogP contribution in [0.4, 0.5) is 5.69 Å². The summed E-state index contributed by atoms with van der Waals surface area (Å²) in [6.07, 6.45) is 2.65. The van der Waals surface area contributed by atoms with E-state index < -0.39 is 0 Å². The first-order valence-corrected chi connectivity index (χ1v) is 8.34. The molecule has 0 unspecified atom stereocenters. The maximum absolute atomic E-state index is 12.3. The maximum Gasteiger partial charge on any atom is 0.276 e. The van der Waals surface area contributed by atoms with Crippen molar-refractivity contribution in [2.45, 2.75) is 20.1 Å². The van der Waals surface area contributed by atoms with Gasteiger partial charge in [0.1, 0.15) is 5.75 Å². The lowest BCUT2D eigenvalue weighted by Gasteiger charge is -2.07. The average molecular weight is 356 g/mol. The minimum Gasteiger partial charge on any atom is -0.470 e. The van der Waals surface area contributed by atoms with Crippen molar-refractivity contribution in [3.05, 3.63) is 77.1 Å². The van der Waals surface area contributed by atoms with Gasteiger partial charge in [-0.3, -0.25) is 4.79 Å². The number of ether oxygens (including phenoxy) is 1. The van der Waals surface area contributed by atoms with Crippen molar-refractivity contribution >= 4 is 23.2 Å². The molecule has 1 heterocycles. The Bertz CT molecular complexity index is 859. The molecule has 3 rings (SSSR count). The minimum atomic E-state index is -0.263. The lowest BCUT2D eigenvalue weighted by atomic mass is 10.1. The van der Waals surface area contributed by atoms with E-state index in [0.717, 1.165) is 12.1 Å². The Labute approximate surface area is 151 Å². The number of aryl methyl sites for hydroxylation is 1. The summed E-state index contributed by atoms with van der Waals surface area (Å²) >= 11 is 6.04. The van der Waals surface area contributed by atoms with Crippen LogP contribution in [0.3, 0.4) is 0 Å². The average Bonchev–Trinajstić information content (AvgIpc) is 3.11. The SMILES string of the molecule is CCc1ccc(NC(=O)c2ccn(COc3ccccc3Cl)n2)cc1. The zero-order chi connectivity index (χ0) is 17.6. The quantitative estimate of drug-likeness (QED) is 0.713. The van der Waals surface area contributed by atoms with E-state index in [9.17, 15) is 4.79 Å². The molecule has 3 aromatic rings. The molecule has 1 N–H and O–H groups in total. The van der Waals surface area contributed by atoms with Gasteiger partial charge in [-0.15, -0.1) is 0 Å². The normalized spacial score (nSPS) is 10.5. The highest BCUT2D eigenvalue weighted by Gasteiger charge is 2.10. The van der Waals surface area contributed by atoms with Gasteiger partial charge in [-0.2, -0.15) is 5.10 Å². The number of carbonyl (C=O) groups excluding carboxylic acids is 1. The molecule has 0 saturated heterocycles. The largest absolute Gasteiger partial charge is 0.470 e. The summed E-state index contributed by atoms with van der Waals surface area (Å²) in [5, 5.41) is 7.58. The second-order valence-electron chi connectivity index (χ2n) is 5.45. The number of aromatic nitrogens is 2. The van der Waals surface area contributed by atoms with Crippen molar-refractivity contribution in [2.75, 3.05) is 5.32 Å². The molecule has 0 spiro atoms. The molecule has 6 heteroatoms. The fraction of sp³-hybridized carbons (Fsp3) is 0.158. The molecular formula is C19H18ClN3O2. The van der Waals surface area contributed by atoms with Gasteiger partial charge in [-0.05, 0) is 42.3 Å². The molecule has 5 nitrogen and oxygen atoms in total. The predicted molar refractivity (Wildman–Crippen MR) is 98.1 cm³/mol. The molecule has 0 atom stereocenters. The van der Waals surface area contributed by atoms with Crippen molar-refractivity contribution in [2.24, 2.45) is 0 Å². The maximum atomic E-state index is 12.3. The molecule has 0 radical (unpaired) electrons. The standard InChI is InChI=1S/C19H18ClN3O2/c1-2-14-7-9-15(10-8-14)21-19(24)17-11-12-23(22-17)13-25-18-6-4-3-5-16(18)20/h3-12H,2,13H2,1H3,(H,21,24). The number of rotatable bonds is 6. The fourth-order valence-electron chi connectivity index (χ4n) is 2.27. The first-order valence-electron chi connectivity index (χ1n) is 7.97. The first-order chi connectivity index (χ1) is 12.2. The Kier molecular flexibility index (Phi) is 5.36. The van der Waals surface area contributed by atoms with Crippen molar-refractivity contribution < 1.29 is 9.53 Å². The van der Waals surface area contributed by atoms with Crippen LogP contribution in [0, 0.1) is 0 Å². The summed E-state index contributed by atoms with van der Waals surface area (Å²) in [5.41, 5.74) is 2.28. The summed E-state index contributed by atoms with van der Waals surface area (Å²) in [6, 6.07) is 16.6. The number of nitrogens with zero attached hydrogens (tertiary/aromatic N) is 2. The van der Waals surface area contributed by atoms with Crippen LogP contribution >= 0.6 is 11.6 Å². The summed E-state index contributed by atoms with van der Waals surface area (Å²) < 4.78 is 7.14. The molecule has 1 amide bonds. The van der Waals surface area contributed by atoms with E-state index in [1.807, 2.05) is 36.4 Å². The number of benzene rings is 2. The molecule has 0 fully saturated rings. The minimum absolute atomic E-state index is 0.169. The summed E-state index contributed by atoms with van der Waals surface area (Å²) in [4.78, 5) is 12.3. The van der Waals surface area contributed by atoms with Gasteiger partial charge in [0.15, 0.2) is 12.4 Å².